The van der Waals surface area contributed by atoms with Crippen LogP contribution in [0, 0.1) is 0 Å². The van der Waals surface area contributed by atoms with Crippen molar-refractivity contribution in [1.82, 2.24) is 5.32 Å². The molecule has 5 heteroatoms. The van der Waals surface area contributed by atoms with E-state index in [-0.39, 0.29) is 0 Å². The monoisotopic (exact) mass is 265 g/mol. The van der Waals surface area contributed by atoms with E-state index in [4.69, 9.17) is 4.74 Å². The third-order valence-electron chi connectivity index (χ3n) is 2.29. The van der Waals surface area contributed by atoms with Crippen LogP contribution in [-0.2, 0) is 4.74 Å². The average Bonchev–Trinajstić information content (AvgIpc) is 2.24. The Morgan fingerprint density at radius 2 is 2.18 bits per heavy atom. The van der Waals surface area contributed by atoms with Crippen molar-refractivity contribution in [2.45, 2.75) is 38.4 Å². The fourth-order valence-corrected chi connectivity index (χ4v) is 2.12. The molecule has 0 aliphatic heterocycles. The van der Waals surface area contributed by atoms with Crippen molar-refractivity contribution in [3.63, 3.8) is 0 Å². The lowest BCUT2D eigenvalue weighted by Gasteiger charge is -2.23. The first-order valence-electron chi connectivity index (χ1n) is 6.19. The standard InChI is InChI=1S/C12H27NO3S/c1-4-5-6-16-8-11(14)7-13-9-12(2,15)10-17-3/h11,13-15H,4-10H2,1-3H3. The van der Waals surface area contributed by atoms with Crippen molar-refractivity contribution in [2.75, 3.05) is 38.3 Å². The highest BCUT2D eigenvalue weighted by molar-refractivity contribution is 7.98. The van der Waals surface area contributed by atoms with Gasteiger partial charge in [0.15, 0.2) is 0 Å². The molecule has 0 amide bonds. The van der Waals surface area contributed by atoms with Gasteiger partial charge in [-0.1, -0.05) is 13.3 Å². The zero-order valence-electron chi connectivity index (χ0n) is 11.2. The van der Waals surface area contributed by atoms with Gasteiger partial charge in [0.25, 0.3) is 0 Å². The van der Waals surface area contributed by atoms with Gasteiger partial charge in [0.2, 0.25) is 0 Å². The van der Waals surface area contributed by atoms with Gasteiger partial charge in [-0.2, -0.15) is 11.8 Å². The number of unbranched alkanes of at least 4 members (excludes halogenated alkanes) is 1. The molecule has 104 valence electrons. The number of nitrogens with one attached hydrogen (secondary N) is 1. The summed E-state index contributed by atoms with van der Waals surface area (Å²) in [6.07, 6.45) is 3.59. The third-order valence-corrected chi connectivity index (χ3v) is 3.20. The number of rotatable bonds is 11. The molecule has 4 nitrogen and oxygen atoms in total. The molecule has 2 unspecified atom stereocenters. The van der Waals surface area contributed by atoms with Crippen LogP contribution in [0.3, 0.4) is 0 Å². The van der Waals surface area contributed by atoms with E-state index in [2.05, 4.69) is 12.2 Å². The van der Waals surface area contributed by atoms with E-state index >= 15 is 0 Å². The number of ether oxygens (including phenoxy) is 1. The SMILES string of the molecule is CCCCOCC(O)CNCC(C)(O)CSC. The summed E-state index contributed by atoms with van der Waals surface area (Å²) in [6.45, 7) is 5.90. The molecule has 0 aliphatic rings. The number of hydrogen-bond donors (Lipinski definition) is 3. The van der Waals surface area contributed by atoms with Crippen molar-refractivity contribution in [2.24, 2.45) is 0 Å². The van der Waals surface area contributed by atoms with Crippen LogP contribution in [0.1, 0.15) is 26.7 Å². The summed E-state index contributed by atoms with van der Waals surface area (Å²) >= 11 is 1.61. The second-order valence-corrected chi connectivity index (χ2v) is 5.51. The molecular weight excluding hydrogens is 238 g/mol. The Morgan fingerprint density at radius 1 is 1.47 bits per heavy atom. The summed E-state index contributed by atoms with van der Waals surface area (Å²) in [5.74, 6) is 0.684. The molecule has 0 aromatic carbocycles. The van der Waals surface area contributed by atoms with Gasteiger partial charge in [-0.15, -0.1) is 0 Å². The van der Waals surface area contributed by atoms with Crippen molar-refractivity contribution in [1.29, 1.82) is 0 Å². The van der Waals surface area contributed by atoms with E-state index in [1.54, 1.807) is 18.7 Å². The Balaban J connectivity index is 3.46. The van der Waals surface area contributed by atoms with Gasteiger partial charge < -0.3 is 20.3 Å². The fourth-order valence-electron chi connectivity index (χ4n) is 1.39. The Bertz CT molecular complexity index is 179. The highest BCUT2D eigenvalue weighted by Gasteiger charge is 2.19. The summed E-state index contributed by atoms with van der Waals surface area (Å²) in [5.41, 5.74) is -0.720. The van der Waals surface area contributed by atoms with Crippen molar-refractivity contribution in [3.8, 4) is 0 Å². The second-order valence-electron chi connectivity index (χ2n) is 4.64. The molecule has 0 aromatic heterocycles. The predicted octanol–water partition coefficient (Wildman–Crippen LogP) is 0.868. The van der Waals surface area contributed by atoms with Crippen LogP contribution in [0.4, 0.5) is 0 Å². The predicted molar refractivity (Wildman–Crippen MR) is 73.6 cm³/mol. The van der Waals surface area contributed by atoms with Crippen LogP contribution < -0.4 is 5.32 Å². The van der Waals surface area contributed by atoms with Crippen LogP contribution in [-0.4, -0.2) is 60.2 Å². The molecule has 0 bridgehead atoms. The van der Waals surface area contributed by atoms with Crippen molar-refractivity contribution >= 4 is 11.8 Å². The Morgan fingerprint density at radius 3 is 2.76 bits per heavy atom. The van der Waals surface area contributed by atoms with Gasteiger partial charge in [0.05, 0.1) is 18.3 Å². The molecule has 0 fully saturated rings. The van der Waals surface area contributed by atoms with Gasteiger partial charge in [-0.25, -0.2) is 0 Å². The molecule has 0 saturated heterocycles. The zero-order chi connectivity index (χ0) is 13.1. The molecule has 0 heterocycles. The molecule has 2 atom stereocenters. The van der Waals surface area contributed by atoms with E-state index < -0.39 is 11.7 Å². The zero-order valence-corrected chi connectivity index (χ0v) is 12.1. The number of aliphatic hydroxyl groups is 2. The summed E-state index contributed by atoms with van der Waals surface area (Å²) in [4.78, 5) is 0. The molecule has 0 aliphatic carbocycles. The number of thioether (sulfide) groups is 1. The highest BCUT2D eigenvalue weighted by atomic mass is 32.2. The molecule has 17 heavy (non-hydrogen) atoms. The quantitative estimate of drug-likeness (QED) is 0.484. The maximum Gasteiger partial charge on any atom is 0.0897 e. The summed E-state index contributed by atoms with van der Waals surface area (Å²) in [7, 11) is 0. The van der Waals surface area contributed by atoms with Crippen LogP contribution in [0.15, 0.2) is 0 Å². The lowest BCUT2D eigenvalue weighted by Crippen LogP contribution is -2.43. The van der Waals surface area contributed by atoms with E-state index in [0.717, 1.165) is 12.8 Å². The normalized spacial score (nSPS) is 16.8. The van der Waals surface area contributed by atoms with E-state index in [1.807, 2.05) is 6.26 Å². The van der Waals surface area contributed by atoms with Crippen LogP contribution in [0.2, 0.25) is 0 Å². The first-order chi connectivity index (χ1) is 8.02. The largest absolute Gasteiger partial charge is 0.389 e. The number of hydrogen-bond acceptors (Lipinski definition) is 5. The van der Waals surface area contributed by atoms with Crippen LogP contribution >= 0.6 is 11.8 Å². The Hall–Kier alpha value is 0.190. The number of aliphatic hydroxyl groups excluding tert-OH is 1. The van der Waals surface area contributed by atoms with E-state index in [0.29, 0.717) is 32.1 Å². The minimum absolute atomic E-state index is 0.359. The van der Waals surface area contributed by atoms with Crippen molar-refractivity contribution < 1.29 is 14.9 Å². The topological polar surface area (TPSA) is 61.7 Å². The van der Waals surface area contributed by atoms with Gasteiger partial charge in [-0.3, -0.25) is 0 Å². The average molecular weight is 265 g/mol. The molecule has 0 saturated carbocycles. The van der Waals surface area contributed by atoms with E-state index in [9.17, 15) is 10.2 Å². The van der Waals surface area contributed by atoms with Gasteiger partial charge >= 0.3 is 0 Å². The van der Waals surface area contributed by atoms with E-state index in [1.165, 1.54) is 0 Å². The van der Waals surface area contributed by atoms with Crippen molar-refractivity contribution in [3.05, 3.63) is 0 Å². The molecule has 0 aromatic rings. The Labute approximate surface area is 109 Å². The lowest BCUT2D eigenvalue weighted by molar-refractivity contribution is 0.0300. The fraction of sp³-hybridized carbons (Fsp3) is 1.00. The smallest absolute Gasteiger partial charge is 0.0897 e. The first kappa shape index (κ1) is 17.2. The van der Waals surface area contributed by atoms with Gasteiger partial charge in [-0.05, 0) is 19.6 Å². The maximum absolute atomic E-state index is 9.88. The third kappa shape index (κ3) is 11.0. The molecule has 0 rings (SSSR count). The molecule has 0 radical (unpaired) electrons. The highest BCUT2D eigenvalue weighted by Crippen LogP contribution is 2.08. The first-order valence-corrected chi connectivity index (χ1v) is 7.59. The van der Waals surface area contributed by atoms with Crippen LogP contribution in [0.25, 0.3) is 0 Å². The minimum Gasteiger partial charge on any atom is -0.389 e. The second kappa shape index (κ2) is 10.1. The van der Waals surface area contributed by atoms with Gasteiger partial charge in [0, 0.05) is 25.4 Å². The van der Waals surface area contributed by atoms with Crippen LogP contribution in [0.5, 0.6) is 0 Å². The van der Waals surface area contributed by atoms with Gasteiger partial charge in [0.1, 0.15) is 0 Å². The molecule has 3 N–H and O–H groups in total. The summed E-state index contributed by atoms with van der Waals surface area (Å²) < 4.78 is 5.31. The molecular formula is C12H27NO3S. The lowest BCUT2D eigenvalue weighted by atomic mass is 10.1. The maximum atomic E-state index is 9.88. The molecule has 0 spiro atoms. The Kier molecular flexibility index (Phi) is 10.3. The summed E-state index contributed by atoms with van der Waals surface area (Å²) in [6, 6.07) is 0. The minimum atomic E-state index is -0.720. The summed E-state index contributed by atoms with van der Waals surface area (Å²) in [5, 5.41) is 22.5.